The van der Waals surface area contributed by atoms with E-state index in [-0.39, 0.29) is 29.9 Å². The predicted octanol–water partition coefficient (Wildman–Crippen LogP) is 2.75. The van der Waals surface area contributed by atoms with Crippen LogP contribution < -0.4 is 15.4 Å². The molecule has 0 aromatic heterocycles. The molecule has 0 saturated carbocycles. The van der Waals surface area contributed by atoms with Gasteiger partial charge in [-0.2, -0.15) is 0 Å². The number of nitrogens with one attached hydrogen (secondary N) is 2. The van der Waals surface area contributed by atoms with Crippen molar-refractivity contribution in [3.8, 4) is 5.75 Å². The lowest BCUT2D eigenvalue weighted by molar-refractivity contribution is 0.0954. The molecule has 0 fully saturated rings. The number of hydrogen-bond acceptors (Lipinski definition) is 3. The molecule has 0 radical (unpaired) electrons. The second-order valence-electron chi connectivity index (χ2n) is 5.80. The van der Waals surface area contributed by atoms with Gasteiger partial charge in [-0.05, 0) is 29.8 Å². The number of amides is 1. The average Bonchev–Trinajstić information content (AvgIpc) is 2.68. The van der Waals surface area contributed by atoms with Crippen LogP contribution in [0.1, 0.15) is 15.9 Å². The van der Waals surface area contributed by atoms with E-state index in [1.165, 1.54) is 5.56 Å². The largest absolute Gasteiger partial charge is 0.497 e. The maximum atomic E-state index is 12.1. The number of rotatable bonds is 7. The first-order chi connectivity index (χ1) is 12.6. The van der Waals surface area contributed by atoms with Gasteiger partial charge in [0.25, 0.3) is 5.91 Å². The van der Waals surface area contributed by atoms with Gasteiger partial charge in [0.05, 0.1) is 7.11 Å². The first kappa shape index (κ1) is 22.8. The van der Waals surface area contributed by atoms with E-state index in [2.05, 4.69) is 27.8 Å². The molecule has 0 aliphatic rings. The number of benzene rings is 2. The minimum atomic E-state index is -0.109. The highest BCUT2D eigenvalue weighted by molar-refractivity contribution is 14.0. The minimum absolute atomic E-state index is 0. The van der Waals surface area contributed by atoms with E-state index >= 15 is 0 Å². The van der Waals surface area contributed by atoms with Crippen LogP contribution in [0.2, 0.25) is 0 Å². The normalized spacial score (nSPS) is 10.6. The van der Waals surface area contributed by atoms with Gasteiger partial charge in [0.1, 0.15) is 5.75 Å². The summed E-state index contributed by atoms with van der Waals surface area (Å²) in [6.07, 6.45) is 0. The predicted molar refractivity (Wildman–Crippen MR) is 120 cm³/mol. The fraction of sp³-hybridized carbons (Fsp3) is 0.300. The Labute approximate surface area is 178 Å². The maximum Gasteiger partial charge on any atom is 0.251 e. The molecule has 0 aliphatic carbocycles. The van der Waals surface area contributed by atoms with Crippen LogP contribution in [0.25, 0.3) is 0 Å². The van der Waals surface area contributed by atoms with Crippen LogP contribution >= 0.6 is 24.0 Å². The van der Waals surface area contributed by atoms with Gasteiger partial charge in [-0.15, -0.1) is 24.0 Å². The number of halogens is 1. The molecule has 0 aliphatic heterocycles. The summed E-state index contributed by atoms with van der Waals surface area (Å²) >= 11 is 0. The summed E-state index contributed by atoms with van der Waals surface area (Å²) in [5.74, 6) is 1.41. The van der Waals surface area contributed by atoms with E-state index in [0.717, 1.165) is 18.3 Å². The standard InChI is InChI=1S/C20H26N4O2.HI/c1-21-20(24(2)15-16-7-5-4-6-8-16)23-14-13-22-19(25)17-9-11-18(26-3)12-10-17;/h4-12H,13-15H2,1-3H3,(H,21,23)(H,22,25);1H. The van der Waals surface area contributed by atoms with E-state index < -0.39 is 0 Å². The molecule has 0 spiro atoms. The van der Waals surface area contributed by atoms with Gasteiger partial charge < -0.3 is 20.3 Å². The summed E-state index contributed by atoms with van der Waals surface area (Å²) in [4.78, 5) is 18.4. The van der Waals surface area contributed by atoms with Crippen LogP contribution in [0, 0.1) is 0 Å². The van der Waals surface area contributed by atoms with Gasteiger partial charge in [0.2, 0.25) is 0 Å². The third-order valence-electron chi connectivity index (χ3n) is 3.88. The maximum absolute atomic E-state index is 12.1. The highest BCUT2D eigenvalue weighted by Gasteiger charge is 2.07. The third kappa shape index (κ3) is 7.46. The molecule has 0 atom stereocenters. The van der Waals surface area contributed by atoms with E-state index in [9.17, 15) is 4.79 Å². The minimum Gasteiger partial charge on any atom is -0.497 e. The zero-order chi connectivity index (χ0) is 18.8. The van der Waals surface area contributed by atoms with Crippen molar-refractivity contribution in [2.24, 2.45) is 4.99 Å². The fourth-order valence-electron chi connectivity index (χ4n) is 2.51. The summed E-state index contributed by atoms with van der Waals surface area (Å²) in [6, 6.07) is 17.2. The quantitative estimate of drug-likeness (QED) is 0.276. The molecular formula is C20H27IN4O2. The van der Waals surface area contributed by atoms with Crippen molar-refractivity contribution in [1.82, 2.24) is 15.5 Å². The zero-order valence-corrected chi connectivity index (χ0v) is 18.3. The van der Waals surface area contributed by atoms with Gasteiger partial charge in [0.15, 0.2) is 5.96 Å². The molecule has 0 bridgehead atoms. The number of nitrogens with zero attached hydrogens (tertiary/aromatic N) is 2. The van der Waals surface area contributed by atoms with Crippen molar-refractivity contribution < 1.29 is 9.53 Å². The molecule has 1 amide bonds. The molecule has 7 heteroatoms. The van der Waals surface area contributed by atoms with Crippen molar-refractivity contribution in [1.29, 1.82) is 0 Å². The van der Waals surface area contributed by atoms with Gasteiger partial charge in [0, 0.05) is 39.3 Å². The molecule has 0 saturated heterocycles. The van der Waals surface area contributed by atoms with Crippen molar-refractivity contribution in [3.05, 3.63) is 65.7 Å². The number of aliphatic imine (C=N–C) groups is 1. The lowest BCUT2D eigenvalue weighted by Gasteiger charge is -2.22. The smallest absolute Gasteiger partial charge is 0.251 e. The summed E-state index contributed by atoms with van der Waals surface area (Å²) < 4.78 is 5.09. The van der Waals surface area contributed by atoms with Crippen molar-refractivity contribution in [3.63, 3.8) is 0 Å². The molecule has 6 nitrogen and oxygen atoms in total. The van der Waals surface area contributed by atoms with Crippen LogP contribution in [0.3, 0.4) is 0 Å². The Morgan fingerprint density at radius 3 is 2.26 bits per heavy atom. The molecule has 0 heterocycles. The first-order valence-corrected chi connectivity index (χ1v) is 8.52. The van der Waals surface area contributed by atoms with Crippen molar-refractivity contribution in [2.45, 2.75) is 6.54 Å². The van der Waals surface area contributed by atoms with Crippen LogP contribution in [0.15, 0.2) is 59.6 Å². The van der Waals surface area contributed by atoms with Gasteiger partial charge in [-0.25, -0.2) is 0 Å². The second-order valence-corrected chi connectivity index (χ2v) is 5.80. The number of guanidine groups is 1. The molecule has 2 rings (SSSR count). The van der Waals surface area contributed by atoms with Crippen LogP contribution in [0.4, 0.5) is 0 Å². The fourth-order valence-corrected chi connectivity index (χ4v) is 2.51. The Morgan fingerprint density at radius 2 is 1.67 bits per heavy atom. The van der Waals surface area contributed by atoms with Crippen molar-refractivity contribution >= 4 is 35.8 Å². The molecule has 146 valence electrons. The second kappa shape index (κ2) is 12.2. The van der Waals surface area contributed by atoms with Crippen LogP contribution in [0.5, 0.6) is 5.75 Å². The van der Waals surface area contributed by atoms with Gasteiger partial charge >= 0.3 is 0 Å². The summed E-state index contributed by atoms with van der Waals surface area (Å²) in [7, 11) is 5.33. The third-order valence-corrected chi connectivity index (χ3v) is 3.88. The number of methoxy groups -OCH3 is 1. The topological polar surface area (TPSA) is 66.0 Å². The summed E-state index contributed by atoms with van der Waals surface area (Å²) in [6.45, 7) is 1.86. The van der Waals surface area contributed by atoms with Gasteiger partial charge in [-0.1, -0.05) is 30.3 Å². The van der Waals surface area contributed by atoms with Crippen LogP contribution in [-0.2, 0) is 6.54 Å². The Bertz CT molecular complexity index is 721. The Kier molecular flexibility index (Phi) is 10.2. The summed E-state index contributed by atoms with van der Waals surface area (Å²) in [5.41, 5.74) is 1.82. The van der Waals surface area contributed by atoms with Crippen molar-refractivity contribution in [2.75, 3.05) is 34.3 Å². The molecule has 0 unspecified atom stereocenters. The number of hydrogen-bond donors (Lipinski definition) is 2. The monoisotopic (exact) mass is 482 g/mol. The molecule has 2 aromatic carbocycles. The number of carbonyl (C=O) groups is 1. The zero-order valence-electron chi connectivity index (χ0n) is 15.9. The lowest BCUT2D eigenvalue weighted by Crippen LogP contribution is -2.42. The number of ether oxygens (including phenoxy) is 1. The summed E-state index contributed by atoms with van der Waals surface area (Å²) in [5, 5.41) is 6.14. The Balaban J connectivity index is 0.00000364. The molecular weight excluding hydrogens is 455 g/mol. The highest BCUT2D eigenvalue weighted by atomic mass is 127. The molecule has 2 aromatic rings. The first-order valence-electron chi connectivity index (χ1n) is 8.52. The van der Waals surface area contributed by atoms with E-state index in [1.54, 1.807) is 38.4 Å². The molecule has 27 heavy (non-hydrogen) atoms. The Hall–Kier alpha value is -2.29. The number of carbonyl (C=O) groups excluding carboxylic acids is 1. The average molecular weight is 482 g/mol. The van der Waals surface area contributed by atoms with E-state index in [1.807, 2.05) is 30.1 Å². The highest BCUT2D eigenvalue weighted by Crippen LogP contribution is 2.10. The van der Waals surface area contributed by atoms with Gasteiger partial charge in [-0.3, -0.25) is 9.79 Å². The lowest BCUT2D eigenvalue weighted by atomic mass is 10.2. The van der Waals surface area contributed by atoms with Crippen LogP contribution in [-0.4, -0.2) is 51.1 Å². The SMILES string of the molecule is CN=C(NCCNC(=O)c1ccc(OC)cc1)N(C)Cc1ccccc1.I. The molecule has 2 N–H and O–H groups in total. The van der Waals surface area contributed by atoms with E-state index in [0.29, 0.717) is 18.7 Å². The Morgan fingerprint density at radius 1 is 1.04 bits per heavy atom. The van der Waals surface area contributed by atoms with E-state index in [4.69, 9.17) is 4.74 Å².